The Balaban J connectivity index is 2.25. The lowest BCUT2D eigenvalue weighted by molar-refractivity contribution is 0.0694. The summed E-state index contributed by atoms with van der Waals surface area (Å²) < 4.78 is 0. The van der Waals surface area contributed by atoms with E-state index in [4.69, 9.17) is 10.4 Å². The van der Waals surface area contributed by atoms with Crippen molar-refractivity contribution >= 4 is 16.9 Å². The molecule has 2 aromatic carbocycles. The number of fused-ring (bicyclic) bond motifs is 1. The summed E-state index contributed by atoms with van der Waals surface area (Å²) in [5.41, 5.74) is 2.56. The van der Waals surface area contributed by atoms with Gasteiger partial charge in [-0.05, 0) is 41.5 Å². The van der Waals surface area contributed by atoms with Crippen molar-refractivity contribution in [3.05, 3.63) is 53.7 Å². The number of aromatic carboxylic acids is 1. The molecule has 0 saturated heterocycles. The van der Waals surface area contributed by atoms with Crippen LogP contribution in [0, 0.1) is 11.3 Å². The number of nitriles is 1. The summed E-state index contributed by atoms with van der Waals surface area (Å²) in [6, 6.07) is 11.8. The van der Waals surface area contributed by atoms with Crippen molar-refractivity contribution in [3.63, 3.8) is 0 Å². The fourth-order valence-electron chi connectivity index (χ4n) is 2.35. The lowest BCUT2D eigenvalue weighted by Gasteiger charge is -2.07. The van der Waals surface area contributed by atoms with Crippen LogP contribution in [0.15, 0.2) is 42.6 Å². The van der Waals surface area contributed by atoms with E-state index in [-0.39, 0.29) is 11.3 Å². The third-order valence-electron chi connectivity index (χ3n) is 3.34. The van der Waals surface area contributed by atoms with Gasteiger partial charge in [-0.15, -0.1) is 0 Å². The van der Waals surface area contributed by atoms with Gasteiger partial charge in [0.05, 0.1) is 11.6 Å². The molecule has 1 aromatic heterocycles. The summed E-state index contributed by atoms with van der Waals surface area (Å²) >= 11 is 0. The van der Waals surface area contributed by atoms with Crippen molar-refractivity contribution in [1.29, 1.82) is 5.26 Å². The molecule has 0 radical (unpaired) electrons. The predicted molar refractivity (Wildman–Crippen MR) is 77.1 cm³/mol. The smallest absolute Gasteiger partial charge is 0.339 e. The van der Waals surface area contributed by atoms with Gasteiger partial charge in [-0.1, -0.05) is 6.07 Å². The molecular formula is C16H10N2O3. The third kappa shape index (κ3) is 2.09. The van der Waals surface area contributed by atoms with Crippen LogP contribution in [-0.4, -0.2) is 21.2 Å². The zero-order valence-corrected chi connectivity index (χ0v) is 10.8. The zero-order valence-electron chi connectivity index (χ0n) is 10.8. The summed E-state index contributed by atoms with van der Waals surface area (Å²) in [5.74, 6) is -1.48. The Bertz CT molecular complexity index is 904. The molecule has 1 heterocycles. The number of phenols is 1. The zero-order chi connectivity index (χ0) is 15.0. The summed E-state index contributed by atoms with van der Waals surface area (Å²) in [5, 5.41) is 28.7. The van der Waals surface area contributed by atoms with Crippen LogP contribution in [0.2, 0.25) is 0 Å². The van der Waals surface area contributed by atoms with Crippen LogP contribution in [0.5, 0.6) is 5.75 Å². The Morgan fingerprint density at radius 2 is 2.00 bits per heavy atom. The number of carboxylic acids is 1. The molecule has 0 amide bonds. The number of aromatic nitrogens is 1. The van der Waals surface area contributed by atoms with Crippen LogP contribution in [0.3, 0.4) is 0 Å². The van der Waals surface area contributed by atoms with E-state index >= 15 is 0 Å². The van der Waals surface area contributed by atoms with Gasteiger partial charge in [-0.2, -0.15) is 5.26 Å². The normalized spacial score (nSPS) is 10.4. The van der Waals surface area contributed by atoms with E-state index in [1.165, 1.54) is 12.1 Å². The largest absolute Gasteiger partial charge is 0.507 e. The Morgan fingerprint density at radius 3 is 2.67 bits per heavy atom. The number of benzene rings is 2. The van der Waals surface area contributed by atoms with Gasteiger partial charge in [0.1, 0.15) is 11.3 Å². The Labute approximate surface area is 119 Å². The van der Waals surface area contributed by atoms with Crippen LogP contribution in [0.4, 0.5) is 0 Å². The standard InChI is InChI=1S/C16H10N2O3/c17-8-9-5-13(11-3-4-18-14(11)6-9)10-1-2-12(16(20)21)15(19)7-10/h1-7,18-19H,(H,20,21). The molecule has 0 unspecified atom stereocenters. The second kappa shape index (κ2) is 4.69. The van der Waals surface area contributed by atoms with Gasteiger partial charge in [-0.25, -0.2) is 4.79 Å². The van der Waals surface area contributed by atoms with Crippen molar-refractivity contribution < 1.29 is 15.0 Å². The van der Waals surface area contributed by atoms with E-state index in [0.29, 0.717) is 11.1 Å². The van der Waals surface area contributed by atoms with E-state index < -0.39 is 5.97 Å². The SMILES string of the molecule is N#Cc1cc(-c2ccc(C(=O)O)c(O)c2)c2cc[nH]c2c1. The van der Waals surface area contributed by atoms with Crippen molar-refractivity contribution in [2.75, 3.05) is 0 Å². The highest BCUT2D eigenvalue weighted by atomic mass is 16.4. The number of hydrogen-bond donors (Lipinski definition) is 3. The van der Waals surface area contributed by atoms with Gasteiger partial charge in [0.2, 0.25) is 0 Å². The van der Waals surface area contributed by atoms with Crippen molar-refractivity contribution in [2.45, 2.75) is 0 Å². The van der Waals surface area contributed by atoms with Crippen LogP contribution in [0.25, 0.3) is 22.0 Å². The monoisotopic (exact) mass is 278 g/mol. The lowest BCUT2D eigenvalue weighted by Crippen LogP contribution is -1.96. The molecule has 0 spiro atoms. The van der Waals surface area contributed by atoms with E-state index in [9.17, 15) is 9.90 Å². The van der Waals surface area contributed by atoms with Gasteiger partial charge >= 0.3 is 5.97 Å². The fourth-order valence-corrected chi connectivity index (χ4v) is 2.35. The molecule has 5 heteroatoms. The minimum atomic E-state index is -1.18. The van der Waals surface area contributed by atoms with Crippen molar-refractivity contribution in [1.82, 2.24) is 4.98 Å². The van der Waals surface area contributed by atoms with Crippen LogP contribution in [-0.2, 0) is 0 Å². The first kappa shape index (κ1) is 12.8. The summed E-state index contributed by atoms with van der Waals surface area (Å²) in [7, 11) is 0. The maximum Gasteiger partial charge on any atom is 0.339 e. The average molecular weight is 278 g/mol. The molecule has 0 aliphatic carbocycles. The van der Waals surface area contributed by atoms with E-state index in [0.717, 1.165) is 16.5 Å². The molecule has 102 valence electrons. The number of aromatic hydroxyl groups is 1. The lowest BCUT2D eigenvalue weighted by atomic mass is 9.98. The fraction of sp³-hybridized carbons (Fsp3) is 0. The molecule has 0 aliphatic heterocycles. The van der Waals surface area contributed by atoms with Crippen LogP contribution >= 0.6 is 0 Å². The second-order valence-corrected chi connectivity index (χ2v) is 4.61. The predicted octanol–water partition coefficient (Wildman–Crippen LogP) is 3.11. The first-order chi connectivity index (χ1) is 10.1. The van der Waals surface area contributed by atoms with Gasteiger partial charge in [-0.3, -0.25) is 0 Å². The Hall–Kier alpha value is -3.26. The molecule has 3 N–H and O–H groups in total. The number of nitrogens with zero attached hydrogens (tertiary/aromatic N) is 1. The number of rotatable bonds is 2. The molecule has 0 bridgehead atoms. The first-order valence-electron chi connectivity index (χ1n) is 6.18. The van der Waals surface area contributed by atoms with Gasteiger partial charge in [0.25, 0.3) is 0 Å². The average Bonchev–Trinajstić information content (AvgIpc) is 2.93. The highest BCUT2D eigenvalue weighted by molar-refractivity contribution is 5.98. The number of carboxylic acid groups (broad SMARTS) is 1. The number of H-pyrrole nitrogens is 1. The third-order valence-corrected chi connectivity index (χ3v) is 3.34. The molecule has 0 saturated carbocycles. The first-order valence-corrected chi connectivity index (χ1v) is 6.18. The minimum Gasteiger partial charge on any atom is -0.507 e. The van der Waals surface area contributed by atoms with E-state index in [1.54, 1.807) is 24.4 Å². The summed E-state index contributed by atoms with van der Waals surface area (Å²) in [4.78, 5) is 14.0. The topological polar surface area (TPSA) is 97.1 Å². The maximum absolute atomic E-state index is 10.9. The van der Waals surface area contributed by atoms with Crippen molar-refractivity contribution in [3.8, 4) is 22.9 Å². The number of carbonyl (C=O) groups is 1. The molecule has 3 aromatic rings. The molecule has 0 atom stereocenters. The van der Waals surface area contributed by atoms with Gasteiger partial charge in [0, 0.05) is 17.1 Å². The quantitative estimate of drug-likeness (QED) is 0.670. The molecule has 21 heavy (non-hydrogen) atoms. The Kier molecular flexibility index (Phi) is 2.85. The van der Waals surface area contributed by atoms with Crippen LogP contribution in [0.1, 0.15) is 15.9 Å². The number of hydrogen-bond acceptors (Lipinski definition) is 3. The van der Waals surface area contributed by atoms with Crippen LogP contribution < -0.4 is 0 Å². The number of aromatic amines is 1. The molecule has 3 rings (SSSR count). The highest BCUT2D eigenvalue weighted by Crippen LogP contribution is 2.32. The van der Waals surface area contributed by atoms with Crippen molar-refractivity contribution in [2.24, 2.45) is 0 Å². The van der Waals surface area contributed by atoms with E-state index in [2.05, 4.69) is 11.1 Å². The minimum absolute atomic E-state index is 0.152. The summed E-state index contributed by atoms with van der Waals surface area (Å²) in [6.07, 6.45) is 1.76. The number of nitrogens with one attached hydrogen (secondary N) is 1. The van der Waals surface area contributed by atoms with E-state index in [1.807, 2.05) is 6.07 Å². The molecule has 0 fully saturated rings. The molecule has 5 nitrogen and oxygen atoms in total. The highest BCUT2D eigenvalue weighted by Gasteiger charge is 2.13. The van der Waals surface area contributed by atoms with Gasteiger partial charge in [0.15, 0.2) is 0 Å². The maximum atomic E-state index is 10.9. The molecule has 0 aliphatic rings. The van der Waals surface area contributed by atoms with Gasteiger partial charge < -0.3 is 15.2 Å². The summed E-state index contributed by atoms with van der Waals surface area (Å²) in [6.45, 7) is 0. The second-order valence-electron chi connectivity index (χ2n) is 4.61. The molecular weight excluding hydrogens is 268 g/mol. The Morgan fingerprint density at radius 1 is 1.19 bits per heavy atom.